The normalized spacial score (nSPS) is 16.7. The molecule has 0 atom stereocenters. The summed E-state index contributed by atoms with van der Waals surface area (Å²) < 4.78 is 62.8. The van der Waals surface area contributed by atoms with Crippen molar-refractivity contribution >= 4 is 38.9 Å². The Kier molecular flexibility index (Phi) is 6.97. The first kappa shape index (κ1) is 24.0. The van der Waals surface area contributed by atoms with Gasteiger partial charge in [-0.15, -0.1) is 0 Å². The molecule has 0 bridgehead atoms. The SMILES string of the molecule is CS(=O)(=O)N1Cc2c(ccc(OC(F)F)c2OC2CCCC2)C(Cc2c(Cl)cncc2Cl)=N1. The van der Waals surface area contributed by atoms with Crippen LogP contribution in [0.25, 0.3) is 0 Å². The van der Waals surface area contributed by atoms with E-state index >= 15 is 0 Å². The number of hydrogen-bond acceptors (Lipinski definition) is 6. The molecule has 1 saturated carbocycles. The van der Waals surface area contributed by atoms with Gasteiger partial charge in [0.2, 0.25) is 10.0 Å². The average molecular weight is 520 g/mol. The molecule has 1 aliphatic carbocycles. The van der Waals surface area contributed by atoms with E-state index in [2.05, 4.69) is 10.1 Å². The van der Waals surface area contributed by atoms with Crippen LogP contribution < -0.4 is 9.47 Å². The number of alkyl halides is 2. The lowest BCUT2D eigenvalue weighted by atomic mass is 9.95. The Bertz CT molecular complexity index is 1170. The standard InChI is InChI=1S/C21H21Cl2F2N3O4S/c1-33(29,30)28-11-15-13(18(27-28)8-14-16(22)9-26-10-17(14)23)6-7-19(32-21(24)25)20(15)31-12-4-2-3-5-12/h6-7,9-10,12,21H,2-5,8,11H2,1H3. The first-order chi connectivity index (χ1) is 15.6. The second-order valence-corrected chi connectivity index (χ2v) is 10.6. The molecule has 0 unspecified atom stereocenters. The topological polar surface area (TPSA) is 81.1 Å². The Labute approximate surface area is 200 Å². The largest absolute Gasteiger partial charge is 0.486 e. The number of aromatic nitrogens is 1. The van der Waals surface area contributed by atoms with E-state index in [1.165, 1.54) is 18.5 Å². The van der Waals surface area contributed by atoms with Crippen molar-refractivity contribution in [2.24, 2.45) is 5.10 Å². The van der Waals surface area contributed by atoms with Crippen LogP contribution in [0.3, 0.4) is 0 Å². The third-order valence-corrected chi connectivity index (χ3v) is 7.17. The van der Waals surface area contributed by atoms with Crippen molar-refractivity contribution in [2.45, 2.75) is 51.4 Å². The maximum absolute atomic E-state index is 13.1. The molecule has 1 aromatic carbocycles. The van der Waals surface area contributed by atoms with Gasteiger partial charge >= 0.3 is 6.61 Å². The van der Waals surface area contributed by atoms with E-state index in [0.717, 1.165) is 36.4 Å². The van der Waals surface area contributed by atoms with Crippen LogP contribution in [0.15, 0.2) is 29.6 Å². The Morgan fingerprint density at radius 2 is 1.85 bits per heavy atom. The molecular formula is C21H21Cl2F2N3O4S. The van der Waals surface area contributed by atoms with Gasteiger partial charge in [0, 0.05) is 29.9 Å². The van der Waals surface area contributed by atoms with Crippen LogP contribution in [0.1, 0.15) is 42.4 Å². The highest BCUT2D eigenvalue weighted by Gasteiger charge is 2.32. The van der Waals surface area contributed by atoms with Crippen molar-refractivity contribution in [2.75, 3.05) is 6.26 Å². The van der Waals surface area contributed by atoms with Crippen molar-refractivity contribution in [3.05, 3.63) is 51.3 Å². The van der Waals surface area contributed by atoms with Crippen LogP contribution in [0, 0.1) is 0 Å². The Morgan fingerprint density at radius 3 is 2.45 bits per heavy atom. The number of sulfonamides is 1. The van der Waals surface area contributed by atoms with Crippen LogP contribution >= 0.6 is 23.2 Å². The van der Waals surface area contributed by atoms with Gasteiger partial charge in [0.05, 0.1) is 34.7 Å². The Balaban J connectivity index is 1.84. The highest BCUT2D eigenvalue weighted by molar-refractivity contribution is 7.88. The third-order valence-electron chi connectivity index (χ3n) is 5.54. The van der Waals surface area contributed by atoms with E-state index < -0.39 is 16.6 Å². The molecule has 0 N–H and O–H groups in total. The highest BCUT2D eigenvalue weighted by Crippen LogP contribution is 2.41. The molecule has 0 amide bonds. The summed E-state index contributed by atoms with van der Waals surface area (Å²) in [7, 11) is -3.77. The van der Waals surface area contributed by atoms with Crippen molar-refractivity contribution < 1.29 is 26.7 Å². The first-order valence-electron chi connectivity index (χ1n) is 10.2. The van der Waals surface area contributed by atoms with Crippen molar-refractivity contribution in [1.29, 1.82) is 0 Å². The molecule has 2 heterocycles. The molecular weight excluding hydrogens is 499 g/mol. The predicted octanol–water partition coefficient (Wildman–Crippen LogP) is 5.03. The molecule has 33 heavy (non-hydrogen) atoms. The molecule has 4 rings (SSSR count). The number of nitrogens with zero attached hydrogens (tertiary/aromatic N) is 3. The molecule has 1 aliphatic heterocycles. The van der Waals surface area contributed by atoms with Gasteiger partial charge in [-0.2, -0.15) is 18.3 Å². The van der Waals surface area contributed by atoms with Gasteiger partial charge < -0.3 is 9.47 Å². The third kappa shape index (κ3) is 5.33. The number of rotatable bonds is 7. The van der Waals surface area contributed by atoms with Crippen molar-refractivity contribution in [3.8, 4) is 11.5 Å². The molecule has 0 saturated heterocycles. The van der Waals surface area contributed by atoms with Crippen LogP contribution in [-0.2, 0) is 23.0 Å². The van der Waals surface area contributed by atoms with Crippen LogP contribution in [0.2, 0.25) is 10.0 Å². The quantitative estimate of drug-likeness (QED) is 0.512. The smallest absolute Gasteiger partial charge is 0.387 e. The highest BCUT2D eigenvalue weighted by atomic mass is 35.5. The van der Waals surface area contributed by atoms with Crippen LogP contribution in [0.4, 0.5) is 8.78 Å². The lowest BCUT2D eigenvalue weighted by Gasteiger charge is -2.29. The summed E-state index contributed by atoms with van der Waals surface area (Å²) >= 11 is 12.5. The lowest BCUT2D eigenvalue weighted by Crippen LogP contribution is -2.32. The zero-order valence-corrected chi connectivity index (χ0v) is 19.9. The summed E-state index contributed by atoms with van der Waals surface area (Å²) in [6.07, 6.45) is 7.27. The maximum atomic E-state index is 13.1. The summed E-state index contributed by atoms with van der Waals surface area (Å²) in [4.78, 5) is 3.93. The van der Waals surface area contributed by atoms with Gasteiger partial charge in [0.1, 0.15) is 0 Å². The minimum atomic E-state index is -3.77. The van der Waals surface area contributed by atoms with Gasteiger partial charge in [-0.05, 0) is 43.4 Å². The van der Waals surface area contributed by atoms with Gasteiger partial charge in [0.25, 0.3) is 0 Å². The van der Waals surface area contributed by atoms with E-state index in [4.69, 9.17) is 32.7 Å². The van der Waals surface area contributed by atoms with E-state index in [1.807, 2.05) is 0 Å². The number of ether oxygens (including phenoxy) is 2. The van der Waals surface area contributed by atoms with E-state index in [-0.39, 0.29) is 30.6 Å². The number of hydrazone groups is 1. The summed E-state index contributed by atoms with van der Waals surface area (Å²) in [6, 6.07) is 2.95. The number of fused-ring (bicyclic) bond motifs is 1. The zero-order chi connectivity index (χ0) is 23.8. The second kappa shape index (κ2) is 9.60. The Morgan fingerprint density at radius 1 is 1.18 bits per heavy atom. The van der Waals surface area contributed by atoms with Gasteiger partial charge in [0.15, 0.2) is 11.5 Å². The van der Waals surface area contributed by atoms with Gasteiger partial charge in [-0.1, -0.05) is 23.2 Å². The summed E-state index contributed by atoms with van der Waals surface area (Å²) in [6.45, 7) is -3.25. The number of halogens is 4. The molecule has 0 spiro atoms. The summed E-state index contributed by atoms with van der Waals surface area (Å²) in [5.41, 5.74) is 1.81. The minimum Gasteiger partial charge on any atom is -0.486 e. The van der Waals surface area contributed by atoms with E-state index in [9.17, 15) is 17.2 Å². The predicted molar refractivity (Wildman–Crippen MR) is 121 cm³/mol. The van der Waals surface area contributed by atoms with Crippen molar-refractivity contribution in [1.82, 2.24) is 9.40 Å². The fourth-order valence-corrected chi connectivity index (χ4v) is 5.09. The molecule has 1 fully saturated rings. The van der Waals surface area contributed by atoms with Crippen LogP contribution in [0.5, 0.6) is 11.5 Å². The first-order valence-corrected chi connectivity index (χ1v) is 12.8. The molecule has 1 aromatic heterocycles. The summed E-state index contributed by atoms with van der Waals surface area (Å²) in [5, 5.41) is 4.90. The molecule has 12 heteroatoms. The van der Waals surface area contributed by atoms with E-state index in [0.29, 0.717) is 32.4 Å². The molecule has 2 aliphatic rings. The molecule has 7 nitrogen and oxygen atoms in total. The second-order valence-electron chi connectivity index (χ2n) is 7.87. The number of pyridine rings is 1. The number of benzene rings is 1. The number of hydrogen-bond donors (Lipinski definition) is 0. The Hall–Kier alpha value is -2.17. The maximum Gasteiger partial charge on any atom is 0.387 e. The minimum absolute atomic E-state index is 0.0944. The lowest BCUT2D eigenvalue weighted by molar-refractivity contribution is -0.0521. The molecule has 0 radical (unpaired) electrons. The summed E-state index contributed by atoms with van der Waals surface area (Å²) in [5.74, 6) is -0.0435. The van der Waals surface area contributed by atoms with Gasteiger partial charge in [-0.25, -0.2) is 8.42 Å². The van der Waals surface area contributed by atoms with Crippen molar-refractivity contribution in [3.63, 3.8) is 0 Å². The molecule has 2 aromatic rings. The molecule has 178 valence electrons. The average Bonchev–Trinajstić information content (AvgIpc) is 3.24. The monoisotopic (exact) mass is 519 g/mol. The fourth-order valence-electron chi connectivity index (χ4n) is 3.98. The van der Waals surface area contributed by atoms with Gasteiger partial charge in [-0.3, -0.25) is 4.98 Å². The van der Waals surface area contributed by atoms with E-state index in [1.54, 1.807) is 6.07 Å². The zero-order valence-electron chi connectivity index (χ0n) is 17.6. The fraction of sp³-hybridized carbons (Fsp3) is 0.429. The van der Waals surface area contributed by atoms with Crippen LogP contribution in [-0.4, -0.2) is 42.5 Å².